The minimum absolute atomic E-state index is 0.0456. The molecule has 2 aliphatic rings. The summed E-state index contributed by atoms with van der Waals surface area (Å²) in [6, 6.07) is 6.19. The number of hydrogen-bond acceptors (Lipinski definition) is 7. The normalized spacial score (nSPS) is 17.3. The van der Waals surface area contributed by atoms with Gasteiger partial charge in [-0.3, -0.25) is 14.5 Å². The van der Waals surface area contributed by atoms with Crippen LogP contribution in [0, 0.1) is 5.82 Å². The number of anilines is 1. The highest BCUT2D eigenvalue weighted by molar-refractivity contribution is 7.99. The zero-order chi connectivity index (χ0) is 20.2. The second-order valence-electron chi connectivity index (χ2n) is 7.14. The molecule has 1 aromatic heterocycles. The van der Waals surface area contributed by atoms with Gasteiger partial charge in [-0.15, -0.1) is 5.10 Å². The van der Waals surface area contributed by atoms with Crippen LogP contribution < -0.4 is 5.32 Å². The van der Waals surface area contributed by atoms with E-state index in [1.54, 1.807) is 21.7 Å². The summed E-state index contributed by atoms with van der Waals surface area (Å²) < 4.78 is 15.0. The Kier molecular flexibility index (Phi) is 6.05. The second-order valence-corrected chi connectivity index (χ2v) is 8.08. The Morgan fingerprint density at radius 3 is 2.72 bits per heavy atom. The number of tetrazole rings is 1. The van der Waals surface area contributed by atoms with Crippen LogP contribution >= 0.6 is 11.8 Å². The Balaban J connectivity index is 1.19. The standard InChI is InChI=1S/C18H22FN7O2S/c19-13-2-1-3-14(10-13)20-16(27)11-24-6-8-25(9-7-24)17(28)12-29-18-21-22-23-26(18)15-4-5-15/h1-3,10,15H,4-9,11-12H2,(H,20,27). The molecule has 2 fully saturated rings. The zero-order valence-corrected chi connectivity index (χ0v) is 16.6. The van der Waals surface area contributed by atoms with E-state index in [2.05, 4.69) is 20.8 Å². The molecule has 2 heterocycles. The number of piperazine rings is 1. The smallest absolute Gasteiger partial charge is 0.238 e. The van der Waals surface area contributed by atoms with Crippen molar-refractivity contribution in [1.82, 2.24) is 30.0 Å². The number of benzene rings is 1. The molecule has 29 heavy (non-hydrogen) atoms. The van der Waals surface area contributed by atoms with Crippen LogP contribution in [0.1, 0.15) is 18.9 Å². The van der Waals surface area contributed by atoms with Gasteiger partial charge in [-0.25, -0.2) is 9.07 Å². The quantitative estimate of drug-likeness (QED) is 0.670. The molecule has 0 atom stereocenters. The van der Waals surface area contributed by atoms with Crippen LogP contribution in [-0.4, -0.2) is 80.3 Å². The maximum absolute atomic E-state index is 13.2. The maximum Gasteiger partial charge on any atom is 0.238 e. The van der Waals surface area contributed by atoms with Crippen molar-refractivity contribution >= 4 is 29.3 Å². The highest BCUT2D eigenvalue weighted by atomic mass is 32.2. The molecule has 0 radical (unpaired) electrons. The van der Waals surface area contributed by atoms with Gasteiger partial charge >= 0.3 is 0 Å². The molecule has 1 saturated carbocycles. The Labute approximate surface area is 171 Å². The molecular formula is C18H22FN7O2S. The molecule has 0 unspecified atom stereocenters. The minimum Gasteiger partial charge on any atom is -0.339 e. The number of aromatic nitrogens is 4. The number of rotatable bonds is 7. The van der Waals surface area contributed by atoms with Gasteiger partial charge in [0.2, 0.25) is 17.0 Å². The minimum atomic E-state index is -0.390. The van der Waals surface area contributed by atoms with Crippen LogP contribution in [0.3, 0.4) is 0 Å². The molecule has 1 aliphatic heterocycles. The van der Waals surface area contributed by atoms with E-state index < -0.39 is 0 Å². The van der Waals surface area contributed by atoms with Crippen molar-refractivity contribution in [2.45, 2.75) is 24.0 Å². The van der Waals surface area contributed by atoms with E-state index in [9.17, 15) is 14.0 Å². The molecule has 2 amide bonds. The average molecular weight is 419 g/mol. The van der Waals surface area contributed by atoms with Crippen molar-refractivity contribution in [3.8, 4) is 0 Å². The highest BCUT2D eigenvalue weighted by Gasteiger charge is 2.29. The molecule has 0 spiro atoms. The number of thioether (sulfide) groups is 1. The number of nitrogens with zero attached hydrogens (tertiary/aromatic N) is 6. The van der Waals surface area contributed by atoms with Crippen molar-refractivity contribution < 1.29 is 14.0 Å². The maximum atomic E-state index is 13.2. The van der Waals surface area contributed by atoms with Gasteiger partial charge in [-0.1, -0.05) is 17.8 Å². The van der Waals surface area contributed by atoms with Gasteiger partial charge in [0.05, 0.1) is 18.3 Å². The van der Waals surface area contributed by atoms with Crippen LogP contribution in [0.2, 0.25) is 0 Å². The number of amides is 2. The SMILES string of the molecule is O=C(CN1CCN(C(=O)CSc2nnnn2C2CC2)CC1)Nc1cccc(F)c1. The Hall–Kier alpha value is -2.53. The molecule has 2 aromatic rings. The summed E-state index contributed by atoms with van der Waals surface area (Å²) in [4.78, 5) is 28.4. The Bertz CT molecular complexity index is 881. The first-order valence-electron chi connectivity index (χ1n) is 9.55. The van der Waals surface area contributed by atoms with Gasteiger partial charge in [-0.2, -0.15) is 0 Å². The van der Waals surface area contributed by atoms with Crippen molar-refractivity contribution in [2.24, 2.45) is 0 Å². The Morgan fingerprint density at radius 1 is 1.21 bits per heavy atom. The Morgan fingerprint density at radius 2 is 2.00 bits per heavy atom. The topological polar surface area (TPSA) is 96.2 Å². The van der Waals surface area contributed by atoms with Gasteiger partial charge in [0.1, 0.15) is 5.82 Å². The summed E-state index contributed by atoms with van der Waals surface area (Å²) in [5.41, 5.74) is 0.439. The predicted octanol–water partition coefficient (Wildman–Crippen LogP) is 1.02. The van der Waals surface area contributed by atoms with Crippen LogP contribution in [0.25, 0.3) is 0 Å². The van der Waals surface area contributed by atoms with E-state index in [4.69, 9.17) is 0 Å². The zero-order valence-electron chi connectivity index (χ0n) is 15.8. The first-order valence-corrected chi connectivity index (χ1v) is 10.5. The highest BCUT2D eigenvalue weighted by Crippen LogP contribution is 2.36. The lowest BCUT2D eigenvalue weighted by Gasteiger charge is -2.34. The van der Waals surface area contributed by atoms with Gasteiger partial charge in [0.25, 0.3) is 0 Å². The number of halogens is 1. The van der Waals surface area contributed by atoms with E-state index in [0.29, 0.717) is 48.8 Å². The predicted molar refractivity (Wildman–Crippen MR) is 105 cm³/mol. The van der Waals surface area contributed by atoms with Crippen LogP contribution in [0.5, 0.6) is 0 Å². The fourth-order valence-corrected chi connectivity index (χ4v) is 4.02. The summed E-state index contributed by atoms with van der Waals surface area (Å²) in [5.74, 6) is -0.242. The summed E-state index contributed by atoms with van der Waals surface area (Å²) in [7, 11) is 0. The molecule has 154 valence electrons. The van der Waals surface area contributed by atoms with Gasteiger partial charge < -0.3 is 10.2 Å². The summed E-state index contributed by atoms with van der Waals surface area (Å²) in [5, 5.41) is 15.1. The molecule has 9 nitrogen and oxygen atoms in total. The number of hydrogen-bond donors (Lipinski definition) is 1. The number of nitrogens with one attached hydrogen (secondary N) is 1. The van der Waals surface area contributed by atoms with Crippen molar-refractivity contribution in [1.29, 1.82) is 0 Å². The fraction of sp³-hybridized carbons (Fsp3) is 0.500. The first-order chi connectivity index (χ1) is 14.1. The lowest BCUT2D eigenvalue weighted by molar-refractivity contribution is -0.130. The monoisotopic (exact) mass is 419 g/mol. The molecule has 1 aliphatic carbocycles. The molecule has 0 bridgehead atoms. The molecule has 1 N–H and O–H groups in total. The lowest BCUT2D eigenvalue weighted by Crippen LogP contribution is -2.50. The second kappa shape index (κ2) is 8.87. The summed E-state index contributed by atoms with van der Waals surface area (Å²) >= 11 is 1.36. The van der Waals surface area contributed by atoms with Crippen molar-refractivity contribution in [3.05, 3.63) is 30.1 Å². The average Bonchev–Trinajstić information content (AvgIpc) is 3.44. The van der Waals surface area contributed by atoms with Gasteiger partial charge in [-0.05, 0) is 41.5 Å². The van der Waals surface area contributed by atoms with Crippen LogP contribution in [0.15, 0.2) is 29.4 Å². The van der Waals surface area contributed by atoms with Crippen molar-refractivity contribution in [2.75, 3.05) is 43.8 Å². The van der Waals surface area contributed by atoms with E-state index in [-0.39, 0.29) is 24.2 Å². The van der Waals surface area contributed by atoms with E-state index in [0.717, 1.165) is 12.8 Å². The lowest BCUT2D eigenvalue weighted by atomic mass is 10.3. The van der Waals surface area contributed by atoms with Gasteiger partial charge in [0, 0.05) is 31.9 Å². The molecule has 11 heteroatoms. The third-order valence-corrected chi connectivity index (χ3v) is 5.80. The fourth-order valence-electron chi connectivity index (χ4n) is 3.17. The molecular weight excluding hydrogens is 397 g/mol. The van der Waals surface area contributed by atoms with E-state index in [1.165, 1.54) is 23.9 Å². The number of carbonyl (C=O) groups is 2. The third kappa shape index (κ3) is 5.30. The first kappa shape index (κ1) is 19.8. The third-order valence-electron chi connectivity index (χ3n) is 4.88. The van der Waals surface area contributed by atoms with E-state index >= 15 is 0 Å². The number of carbonyl (C=O) groups excluding carboxylic acids is 2. The van der Waals surface area contributed by atoms with E-state index in [1.807, 2.05) is 4.90 Å². The largest absolute Gasteiger partial charge is 0.339 e. The van der Waals surface area contributed by atoms with Crippen LogP contribution in [0.4, 0.5) is 10.1 Å². The summed E-state index contributed by atoms with van der Waals surface area (Å²) in [6.45, 7) is 2.59. The van der Waals surface area contributed by atoms with Gasteiger partial charge in [0.15, 0.2) is 0 Å². The van der Waals surface area contributed by atoms with Crippen molar-refractivity contribution in [3.63, 3.8) is 0 Å². The molecule has 1 saturated heterocycles. The van der Waals surface area contributed by atoms with Crippen LogP contribution in [-0.2, 0) is 9.59 Å². The molecule has 1 aromatic carbocycles. The molecule has 4 rings (SSSR count). The summed E-state index contributed by atoms with van der Waals surface area (Å²) in [6.07, 6.45) is 2.17.